The quantitative estimate of drug-likeness (QED) is 0.725. The summed E-state index contributed by atoms with van der Waals surface area (Å²) >= 11 is 0. The standard InChI is InChI=1S/C15H30N2O2/c1-12(10-15-11-19-8-6-16-15)17(7-9-18-3)13(2)14-4-5-14/h12-16H,4-11H2,1-3H3. The van der Waals surface area contributed by atoms with Gasteiger partial charge in [-0.1, -0.05) is 0 Å². The van der Waals surface area contributed by atoms with Gasteiger partial charge in [-0.25, -0.2) is 0 Å². The van der Waals surface area contributed by atoms with Crippen molar-refractivity contribution in [3.63, 3.8) is 0 Å². The zero-order chi connectivity index (χ0) is 13.7. The molecule has 2 rings (SSSR count). The highest BCUT2D eigenvalue weighted by molar-refractivity contribution is 4.88. The molecule has 3 atom stereocenters. The van der Waals surface area contributed by atoms with Crippen LogP contribution in [0, 0.1) is 5.92 Å². The summed E-state index contributed by atoms with van der Waals surface area (Å²) in [6.07, 6.45) is 3.98. The summed E-state index contributed by atoms with van der Waals surface area (Å²) in [6.45, 7) is 9.32. The molecule has 1 saturated heterocycles. The molecule has 1 heterocycles. The van der Waals surface area contributed by atoms with Crippen LogP contribution < -0.4 is 5.32 Å². The molecule has 0 bridgehead atoms. The van der Waals surface area contributed by atoms with Gasteiger partial charge in [0.25, 0.3) is 0 Å². The van der Waals surface area contributed by atoms with Gasteiger partial charge in [0, 0.05) is 38.3 Å². The monoisotopic (exact) mass is 270 g/mol. The second-order valence-electron chi connectivity index (χ2n) is 6.12. The van der Waals surface area contributed by atoms with Crippen molar-refractivity contribution in [2.75, 3.05) is 40.0 Å². The highest BCUT2D eigenvalue weighted by Crippen LogP contribution is 2.36. The summed E-state index contributed by atoms with van der Waals surface area (Å²) in [4.78, 5) is 2.64. The van der Waals surface area contributed by atoms with Gasteiger partial charge in [0.2, 0.25) is 0 Å². The Morgan fingerprint density at radius 1 is 1.37 bits per heavy atom. The molecule has 4 nitrogen and oxygen atoms in total. The Labute approximate surface area is 117 Å². The van der Waals surface area contributed by atoms with Gasteiger partial charge in [-0.05, 0) is 39.0 Å². The molecular formula is C15H30N2O2. The zero-order valence-electron chi connectivity index (χ0n) is 12.7. The number of nitrogens with one attached hydrogen (secondary N) is 1. The van der Waals surface area contributed by atoms with Crippen LogP contribution in [-0.4, -0.2) is 63.0 Å². The zero-order valence-corrected chi connectivity index (χ0v) is 12.7. The third-order valence-electron chi connectivity index (χ3n) is 4.57. The van der Waals surface area contributed by atoms with Gasteiger partial charge in [-0.2, -0.15) is 0 Å². The fraction of sp³-hybridized carbons (Fsp3) is 1.00. The lowest BCUT2D eigenvalue weighted by Crippen LogP contribution is -2.49. The van der Waals surface area contributed by atoms with E-state index in [9.17, 15) is 0 Å². The minimum absolute atomic E-state index is 0.514. The van der Waals surface area contributed by atoms with E-state index in [0.717, 1.165) is 38.8 Å². The Morgan fingerprint density at radius 2 is 2.16 bits per heavy atom. The Morgan fingerprint density at radius 3 is 2.74 bits per heavy atom. The van der Waals surface area contributed by atoms with Crippen LogP contribution in [0.2, 0.25) is 0 Å². The van der Waals surface area contributed by atoms with Crippen LogP contribution in [0.4, 0.5) is 0 Å². The van der Waals surface area contributed by atoms with Crippen molar-refractivity contribution >= 4 is 0 Å². The fourth-order valence-electron chi connectivity index (χ4n) is 3.19. The van der Waals surface area contributed by atoms with Crippen LogP contribution in [0.3, 0.4) is 0 Å². The van der Waals surface area contributed by atoms with Crippen molar-refractivity contribution in [1.82, 2.24) is 10.2 Å². The van der Waals surface area contributed by atoms with Crippen LogP contribution in [0.25, 0.3) is 0 Å². The van der Waals surface area contributed by atoms with Gasteiger partial charge in [0.15, 0.2) is 0 Å². The second-order valence-corrected chi connectivity index (χ2v) is 6.12. The molecule has 112 valence electrons. The maximum absolute atomic E-state index is 5.56. The summed E-state index contributed by atoms with van der Waals surface area (Å²) < 4.78 is 10.8. The lowest BCUT2D eigenvalue weighted by molar-refractivity contribution is 0.0450. The predicted octanol–water partition coefficient (Wildman–Crippen LogP) is 1.50. The minimum Gasteiger partial charge on any atom is -0.383 e. The SMILES string of the molecule is COCCN(C(C)CC1COCCN1)C(C)C1CC1. The third kappa shape index (κ3) is 4.71. The van der Waals surface area contributed by atoms with E-state index in [4.69, 9.17) is 9.47 Å². The first-order valence-electron chi connectivity index (χ1n) is 7.78. The number of nitrogens with zero attached hydrogens (tertiary/aromatic N) is 1. The predicted molar refractivity (Wildman–Crippen MR) is 77.5 cm³/mol. The van der Waals surface area contributed by atoms with E-state index in [1.807, 2.05) is 0 Å². The van der Waals surface area contributed by atoms with E-state index in [2.05, 4.69) is 24.1 Å². The first kappa shape index (κ1) is 15.2. The summed E-state index contributed by atoms with van der Waals surface area (Å²) in [7, 11) is 1.79. The van der Waals surface area contributed by atoms with Crippen LogP contribution in [-0.2, 0) is 9.47 Å². The maximum Gasteiger partial charge on any atom is 0.0620 e. The van der Waals surface area contributed by atoms with E-state index < -0.39 is 0 Å². The molecule has 19 heavy (non-hydrogen) atoms. The molecule has 4 heteroatoms. The number of ether oxygens (including phenoxy) is 2. The summed E-state index contributed by atoms with van der Waals surface area (Å²) in [5.41, 5.74) is 0. The molecule has 1 aliphatic carbocycles. The van der Waals surface area contributed by atoms with E-state index in [1.165, 1.54) is 19.3 Å². The van der Waals surface area contributed by atoms with Crippen LogP contribution in [0.15, 0.2) is 0 Å². The molecule has 1 N–H and O–H groups in total. The molecule has 0 radical (unpaired) electrons. The third-order valence-corrected chi connectivity index (χ3v) is 4.57. The lowest BCUT2D eigenvalue weighted by Gasteiger charge is -2.37. The molecule has 3 unspecified atom stereocenters. The highest BCUT2D eigenvalue weighted by atomic mass is 16.5. The molecule has 0 spiro atoms. The van der Waals surface area contributed by atoms with Crippen molar-refractivity contribution in [2.45, 2.75) is 51.2 Å². The molecule has 0 aromatic rings. The van der Waals surface area contributed by atoms with Gasteiger partial charge in [0.05, 0.1) is 19.8 Å². The first-order valence-corrected chi connectivity index (χ1v) is 7.78. The van der Waals surface area contributed by atoms with Crippen LogP contribution >= 0.6 is 0 Å². The molecule has 2 aliphatic rings. The van der Waals surface area contributed by atoms with E-state index in [-0.39, 0.29) is 0 Å². The average Bonchev–Trinajstić information content (AvgIpc) is 3.24. The van der Waals surface area contributed by atoms with E-state index in [0.29, 0.717) is 18.1 Å². The number of hydrogen-bond donors (Lipinski definition) is 1. The Bertz CT molecular complexity index is 253. The summed E-state index contributed by atoms with van der Waals surface area (Å²) in [5.74, 6) is 0.912. The van der Waals surface area contributed by atoms with Gasteiger partial charge < -0.3 is 14.8 Å². The van der Waals surface area contributed by atoms with Crippen molar-refractivity contribution in [3.05, 3.63) is 0 Å². The maximum atomic E-state index is 5.56. The molecule has 1 saturated carbocycles. The second kappa shape index (κ2) is 7.58. The van der Waals surface area contributed by atoms with Gasteiger partial charge >= 0.3 is 0 Å². The number of methoxy groups -OCH3 is 1. The number of morpholine rings is 1. The average molecular weight is 270 g/mol. The van der Waals surface area contributed by atoms with E-state index >= 15 is 0 Å². The topological polar surface area (TPSA) is 33.7 Å². The summed E-state index contributed by atoms with van der Waals surface area (Å²) in [5, 5.41) is 3.56. The molecule has 0 aromatic heterocycles. The van der Waals surface area contributed by atoms with Crippen LogP contribution in [0.5, 0.6) is 0 Å². The largest absolute Gasteiger partial charge is 0.383 e. The fourth-order valence-corrected chi connectivity index (χ4v) is 3.19. The van der Waals surface area contributed by atoms with Gasteiger partial charge in [-0.3, -0.25) is 4.90 Å². The molecule has 0 aromatic carbocycles. The lowest BCUT2D eigenvalue weighted by atomic mass is 10.0. The molecule has 1 aliphatic heterocycles. The first-order chi connectivity index (χ1) is 9.22. The Hall–Kier alpha value is -0.160. The molecule has 2 fully saturated rings. The van der Waals surface area contributed by atoms with Crippen molar-refractivity contribution in [1.29, 1.82) is 0 Å². The van der Waals surface area contributed by atoms with E-state index in [1.54, 1.807) is 7.11 Å². The highest BCUT2D eigenvalue weighted by Gasteiger charge is 2.34. The molecular weight excluding hydrogens is 240 g/mol. The normalized spacial score (nSPS) is 27.5. The Balaban J connectivity index is 1.83. The van der Waals surface area contributed by atoms with Gasteiger partial charge in [0.1, 0.15) is 0 Å². The van der Waals surface area contributed by atoms with Crippen LogP contribution in [0.1, 0.15) is 33.1 Å². The van der Waals surface area contributed by atoms with Gasteiger partial charge in [-0.15, -0.1) is 0 Å². The summed E-state index contributed by atoms with van der Waals surface area (Å²) in [6, 6.07) is 1.79. The van der Waals surface area contributed by atoms with Crippen molar-refractivity contribution in [3.8, 4) is 0 Å². The minimum atomic E-state index is 0.514. The van der Waals surface area contributed by atoms with Crippen molar-refractivity contribution < 1.29 is 9.47 Å². The Kier molecular flexibility index (Phi) is 6.07. The number of rotatable bonds is 8. The molecule has 0 amide bonds. The number of hydrogen-bond acceptors (Lipinski definition) is 4. The van der Waals surface area contributed by atoms with Crippen molar-refractivity contribution in [2.24, 2.45) is 5.92 Å². The smallest absolute Gasteiger partial charge is 0.0620 e.